The summed E-state index contributed by atoms with van der Waals surface area (Å²) < 4.78 is 11.9. The maximum Gasteiger partial charge on any atom is 0.321 e. The molecule has 8 nitrogen and oxygen atoms in total. The molecule has 3 amide bonds. The number of anilines is 1. The van der Waals surface area contributed by atoms with E-state index in [-0.39, 0.29) is 24.1 Å². The number of carbonyl (C=O) groups is 2. The van der Waals surface area contributed by atoms with Crippen LogP contribution in [0.25, 0.3) is 0 Å². The summed E-state index contributed by atoms with van der Waals surface area (Å²) in [5.74, 6) is 1.80. The monoisotopic (exact) mass is 502 g/mol. The van der Waals surface area contributed by atoms with E-state index in [1.165, 1.54) is 5.56 Å². The summed E-state index contributed by atoms with van der Waals surface area (Å²) in [6, 6.07) is 19.5. The van der Waals surface area contributed by atoms with E-state index in [1.807, 2.05) is 53.4 Å². The minimum Gasteiger partial charge on any atom is -0.490 e. The van der Waals surface area contributed by atoms with Crippen molar-refractivity contribution in [1.82, 2.24) is 15.1 Å². The Bertz CT molecular complexity index is 1220. The number of nitrogens with one attached hydrogen (secondary N) is 1. The molecular formula is C29H34N4O4. The zero-order valence-electron chi connectivity index (χ0n) is 21.4. The fourth-order valence-corrected chi connectivity index (χ4v) is 4.96. The topological polar surface area (TPSA) is 78.3 Å². The second-order valence-corrected chi connectivity index (χ2v) is 9.80. The van der Waals surface area contributed by atoms with E-state index in [0.29, 0.717) is 31.7 Å². The van der Waals surface area contributed by atoms with E-state index in [1.54, 1.807) is 11.2 Å². The molecule has 0 bridgehead atoms. The van der Waals surface area contributed by atoms with Crippen molar-refractivity contribution in [1.29, 1.82) is 0 Å². The molecule has 194 valence electrons. The Kier molecular flexibility index (Phi) is 7.46. The standard InChI is InChI=1S/C29H34N4O4/c1-21(27-10-5-17-36-27)31(2)20-22-6-3-9-26(18-22)37-25-11-14-32(15-12-25)28(34)23-7-4-8-24(19-23)33-16-13-30-29(33)35/h3-10,17-19,21,25H,11-16,20H2,1-2H3,(H,30,35). The van der Waals surface area contributed by atoms with Crippen LogP contribution in [0, 0.1) is 0 Å². The van der Waals surface area contributed by atoms with E-state index in [2.05, 4.69) is 36.3 Å². The maximum atomic E-state index is 13.2. The molecular weight excluding hydrogens is 468 g/mol. The van der Waals surface area contributed by atoms with Crippen LogP contribution in [0.4, 0.5) is 10.5 Å². The molecule has 2 aliphatic heterocycles. The van der Waals surface area contributed by atoms with Gasteiger partial charge in [-0.05, 0) is 62.0 Å². The average molecular weight is 503 g/mol. The van der Waals surface area contributed by atoms with Gasteiger partial charge < -0.3 is 19.4 Å². The van der Waals surface area contributed by atoms with Crippen molar-refractivity contribution < 1.29 is 18.7 Å². The molecule has 1 unspecified atom stereocenters. The smallest absolute Gasteiger partial charge is 0.321 e. The van der Waals surface area contributed by atoms with E-state index >= 15 is 0 Å². The van der Waals surface area contributed by atoms with Gasteiger partial charge in [-0.1, -0.05) is 18.2 Å². The first-order valence-electron chi connectivity index (χ1n) is 12.9. The highest BCUT2D eigenvalue weighted by Gasteiger charge is 2.26. The first kappa shape index (κ1) is 24.9. The quantitative estimate of drug-likeness (QED) is 0.484. The van der Waals surface area contributed by atoms with Crippen LogP contribution >= 0.6 is 0 Å². The van der Waals surface area contributed by atoms with Gasteiger partial charge in [0.15, 0.2) is 0 Å². The van der Waals surface area contributed by atoms with Crippen LogP contribution in [0.3, 0.4) is 0 Å². The second-order valence-electron chi connectivity index (χ2n) is 9.80. The zero-order chi connectivity index (χ0) is 25.8. The molecule has 5 rings (SSSR count). The van der Waals surface area contributed by atoms with Gasteiger partial charge in [-0.3, -0.25) is 14.6 Å². The van der Waals surface area contributed by atoms with Crippen LogP contribution in [0.1, 0.15) is 47.5 Å². The van der Waals surface area contributed by atoms with Gasteiger partial charge in [0.1, 0.15) is 17.6 Å². The van der Waals surface area contributed by atoms with E-state index < -0.39 is 0 Å². The van der Waals surface area contributed by atoms with E-state index in [0.717, 1.165) is 36.6 Å². The molecule has 8 heteroatoms. The first-order chi connectivity index (χ1) is 18.0. The lowest BCUT2D eigenvalue weighted by molar-refractivity contribution is 0.0595. The minimum absolute atomic E-state index is 0.00406. The Morgan fingerprint density at radius 1 is 1.11 bits per heavy atom. The molecule has 0 saturated carbocycles. The largest absolute Gasteiger partial charge is 0.490 e. The zero-order valence-corrected chi connectivity index (χ0v) is 21.4. The highest BCUT2D eigenvalue weighted by molar-refractivity contribution is 5.98. The molecule has 0 spiro atoms. The lowest BCUT2D eigenvalue weighted by Gasteiger charge is -2.32. The van der Waals surface area contributed by atoms with Crippen molar-refractivity contribution in [2.24, 2.45) is 0 Å². The summed E-state index contributed by atoms with van der Waals surface area (Å²) >= 11 is 0. The molecule has 1 atom stereocenters. The number of urea groups is 1. The predicted molar refractivity (Wildman–Crippen MR) is 142 cm³/mol. The Morgan fingerprint density at radius 2 is 1.92 bits per heavy atom. The van der Waals surface area contributed by atoms with Gasteiger partial charge in [0.25, 0.3) is 5.91 Å². The number of likely N-dealkylation sites (tertiary alicyclic amines) is 1. The Balaban J connectivity index is 1.14. The summed E-state index contributed by atoms with van der Waals surface area (Å²) in [5, 5.41) is 2.80. The maximum absolute atomic E-state index is 13.2. The van der Waals surface area contributed by atoms with Gasteiger partial charge in [0, 0.05) is 56.8 Å². The molecule has 0 aliphatic carbocycles. The van der Waals surface area contributed by atoms with Crippen molar-refractivity contribution in [3.8, 4) is 5.75 Å². The first-order valence-corrected chi connectivity index (χ1v) is 12.9. The molecule has 2 aliphatic rings. The number of furan rings is 1. The third kappa shape index (κ3) is 5.80. The summed E-state index contributed by atoms with van der Waals surface area (Å²) in [6.07, 6.45) is 3.33. The molecule has 3 aromatic rings. The summed E-state index contributed by atoms with van der Waals surface area (Å²) in [6.45, 7) is 5.42. The van der Waals surface area contributed by atoms with Gasteiger partial charge in [-0.2, -0.15) is 0 Å². The summed E-state index contributed by atoms with van der Waals surface area (Å²) in [7, 11) is 2.09. The number of ether oxygens (including phenoxy) is 1. The van der Waals surface area contributed by atoms with Gasteiger partial charge >= 0.3 is 6.03 Å². The highest BCUT2D eigenvalue weighted by Crippen LogP contribution is 2.25. The third-order valence-corrected chi connectivity index (χ3v) is 7.24. The fraction of sp³-hybridized carbons (Fsp3) is 0.379. The SMILES string of the molecule is CC(c1ccco1)N(C)Cc1cccc(OC2CCN(C(=O)c3cccc(N4CCNC4=O)c3)CC2)c1. The molecule has 2 aromatic carbocycles. The number of amides is 3. The lowest BCUT2D eigenvalue weighted by Crippen LogP contribution is -2.41. The number of hydrogen-bond acceptors (Lipinski definition) is 5. The predicted octanol–water partition coefficient (Wildman–Crippen LogP) is 4.69. The highest BCUT2D eigenvalue weighted by atomic mass is 16.5. The molecule has 1 N–H and O–H groups in total. The molecule has 37 heavy (non-hydrogen) atoms. The van der Waals surface area contributed by atoms with Gasteiger partial charge in [0.2, 0.25) is 0 Å². The number of hydrogen-bond donors (Lipinski definition) is 1. The molecule has 2 fully saturated rings. The average Bonchev–Trinajstić information content (AvgIpc) is 3.61. The van der Waals surface area contributed by atoms with Crippen LogP contribution in [0.5, 0.6) is 5.75 Å². The number of piperidine rings is 1. The van der Waals surface area contributed by atoms with Crippen LogP contribution in [0.15, 0.2) is 71.3 Å². The Hall–Kier alpha value is -3.78. The Morgan fingerprint density at radius 3 is 2.65 bits per heavy atom. The van der Waals surface area contributed by atoms with Gasteiger partial charge in [-0.15, -0.1) is 0 Å². The van der Waals surface area contributed by atoms with Crippen molar-refractivity contribution in [3.05, 3.63) is 83.8 Å². The van der Waals surface area contributed by atoms with E-state index in [4.69, 9.17) is 9.15 Å². The van der Waals surface area contributed by atoms with Crippen LogP contribution in [-0.4, -0.2) is 61.1 Å². The molecule has 3 heterocycles. The number of carbonyl (C=O) groups excluding carboxylic acids is 2. The van der Waals surface area contributed by atoms with Gasteiger partial charge in [0.05, 0.1) is 12.3 Å². The van der Waals surface area contributed by atoms with Crippen LogP contribution in [0.2, 0.25) is 0 Å². The van der Waals surface area contributed by atoms with Crippen LogP contribution < -0.4 is 15.0 Å². The van der Waals surface area contributed by atoms with Crippen molar-refractivity contribution in [3.63, 3.8) is 0 Å². The van der Waals surface area contributed by atoms with Gasteiger partial charge in [-0.25, -0.2) is 4.79 Å². The normalized spacial score (nSPS) is 17.2. The van der Waals surface area contributed by atoms with Crippen LogP contribution in [-0.2, 0) is 6.54 Å². The van der Waals surface area contributed by atoms with Crippen molar-refractivity contribution >= 4 is 17.6 Å². The summed E-state index contributed by atoms with van der Waals surface area (Å²) in [5.41, 5.74) is 2.54. The molecule has 0 radical (unpaired) electrons. The molecule has 2 saturated heterocycles. The second kappa shape index (κ2) is 11.1. The minimum atomic E-state index is -0.120. The third-order valence-electron chi connectivity index (χ3n) is 7.24. The lowest BCUT2D eigenvalue weighted by atomic mass is 10.1. The summed E-state index contributed by atoms with van der Waals surface area (Å²) in [4.78, 5) is 30.9. The Labute approximate surface area is 217 Å². The number of nitrogens with zero attached hydrogens (tertiary/aromatic N) is 3. The van der Waals surface area contributed by atoms with E-state index in [9.17, 15) is 9.59 Å². The fourth-order valence-electron chi connectivity index (χ4n) is 4.96. The van der Waals surface area contributed by atoms with Crippen molar-refractivity contribution in [2.75, 3.05) is 38.1 Å². The van der Waals surface area contributed by atoms with Crippen molar-refractivity contribution in [2.45, 2.75) is 38.5 Å². The number of rotatable bonds is 8. The molecule has 1 aromatic heterocycles. The number of benzene rings is 2.